The first-order valence-electron chi connectivity index (χ1n) is 8.79. The number of hydrogen-bond acceptors (Lipinski definition) is 4. The Morgan fingerprint density at radius 2 is 1.96 bits per heavy atom. The third-order valence-electron chi connectivity index (χ3n) is 4.77. The van der Waals surface area contributed by atoms with Crippen LogP contribution in [0, 0.1) is 5.92 Å². The first-order valence-corrected chi connectivity index (χ1v) is 8.79. The molecule has 1 N–H and O–H groups in total. The molecule has 0 bridgehead atoms. The Labute approximate surface area is 151 Å². The van der Waals surface area contributed by atoms with Gasteiger partial charge in [0.05, 0.1) is 14.2 Å². The molecule has 1 aromatic rings. The number of methoxy groups -OCH3 is 2. The first kappa shape index (κ1) is 19.4. The molecule has 0 amide bonds. The molecule has 0 aromatic heterocycles. The number of rotatable bonds is 8. The summed E-state index contributed by atoms with van der Waals surface area (Å²) in [6.07, 6.45) is 2.67. The van der Waals surface area contributed by atoms with E-state index in [1.807, 2.05) is 32.3 Å². The molecule has 0 radical (unpaired) electrons. The molecule has 25 heavy (non-hydrogen) atoms. The fourth-order valence-corrected chi connectivity index (χ4v) is 3.15. The fourth-order valence-electron chi connectivity index (χ4n) is 3.15. The summed E-state index contributed by atoms with van der Waals surface area (Å²) in [4.78, 5) is 8.86. The second-order valence-electron chi connectivity index (χ2n) is 6.83. The van der Waals surface area contributed by atoms with Crippen molar-refractivity contribution in [1.29, 1.82) is 0 Å². The zero-order valence-corrected chi connectivity index (χ0v) is 16.4. The SMILES string of the molecule is CN=C(NCC(C1CC1)N(C)C)N(C)Cc1ccc(OC)cc1OC. The lowest BCUT2D eigenvalue weighted by Gasteiger charge is -2.28. The predicted octanol–water partition coefficient (Wildman–Crippen LogP) is 2.05. The highest BCUT2D eigenvalue weighted by Crippen LogP contribution is 2.34. The summed E-state index contributed by atoms with van der Waals surface area (Å²) in [6.45, 7) is 1.62. The topological polar surface area (TPSA) is 49.3 Å². The second kappa shape index (κ2) is 8.94. The Balaban J connectivity index is 1.99. The van der Waals surface area contributed by atoms with E-state index >= 15 is 0 Å². The molecule has 0 saturated heterocycles. The van der Waals surface area contributed by atoms with Gasteiger partial charge in [0.25, 0.3) is 0 Å². The number of nitrogens with zero attached hydrogens (tertiary/aromatic N) is 3. The van der Waals surface area contributed by atoms with Gasteiger partial charge in [-0.05, 0) is 45.0 Å². The summed E-state index contributed by atoms with van der Waals surface area (Å²) in [5.41, 5.74) is 1.10. The van der Waals surface area contributed by atoms with Gasteiger partial charge in [-0.3, -0.25) is 4.99 Å². The van der Waals surface area contributed by atoms with E-state index in [0.717, 1.165) is 35.5 Å². The molecule has 1 aliphatic rings. The number of guanidine groups is 1. The predicted molar refractivity (Wildman–Crippen MR) is 103 cm³/mol. The van der Waals surface area contributed by atoms with Crippen molar-refractivity contribution >= 4 is 5.96 Å². The average molecular weight is 348 g/mol. The maximum atomic E-state index is 5.50. The molecule has 6 nitrogen and oxygen atoms in total. The van der Waals surface area contributed by atoms with Gasteiger partial charge >= 0.3 is 0 Å². The summed E-state index contributed by atoms with van der Waals surface area (Å²) in [6, 6.07) is 6.46. The number of likely N-dealkylation sites (N-methyl/N-ethyl adjacent to an activating group) is 1. The van der Waals surface area contributed by atoms with Crippen molar-refractivity contribution in [2.75, 3.05) is 49.0 Å². The molecule has 1 aromatic carbocycles. The largest absolute Gasteiger partial charge is 0.497 e. The van der Waals surface area contributed by atoms with Crippen LogP contribution in [0.5, 0.6) is 11.5 Å². The van der Waals surface area contributed by atoms with Crippen molar-refractivity contribution in [3.05, 3.63) is 23.8 Å². The molecule has 0 heterocycles. The number of hydrogen-bond donors (Lipinski definition) is 1. The Kier molecular flexibility index (Phi) is 6.93. The van der Waals surface area contributed by atoms with Crippen molar-refractivity contribution in [1.82, 2.24) is 15.1 Å². The highest BCUT2D eigenvalue weighted by atomic mass is 16.5. The molecule has 6 heteroatoms. The van der Waals surface area contributed by atoms with Gasteiger partial charge in [0.1, 0.15) is 11.5 Å². The van der Waals surface area contributed by atoms with Crippen molar-refractivity contribution in [3.8, 4) is 11.5 Å². The van der Waals surface area contributed by atoms with Gasteiger partial charge < -0.3 is 24.6 Å². The van der Waals surface area contributed by atoms with Crippen molar-refractivity contribution in [2.45, 2.75) is 25.4 Å². The molecule has 1 saturated carbocycles. The van der Waals surface area contributed by atoms with Gasteiger partial charge in [-0.1, -0.05) is 0 Å². The molecular weight excluding hydrogens is 316 g/mol. The Hall–Kier alpha value is -1.95. The minimum absolute atomic E-state index is 0.556. The quantitative estimate of drug-likeness (QED) is 0.576. The molecule has 1 aliphatic carbocycles. The lowest BCUT2D eigenvalue weighted by atomic mass is 10.1. The maximum absolute atomic E-state index is 5.50. The van der Waals surface area contributed by atoms with Crippen LogP contribution in [-0.4, -0.2) is 70.8 Å². The Morgan fingerprint density at radius 3 is 2.48 bits per heavy atom. The van der Waals surface area contributed by atoms with E-state index in [9.17, 15) is 0 Å². The minimum Gasteiger partial charge on any atom is -0.497 e. The number of aliphatic imine (C=N–C) groups is 1. The normalized spacial score (nSPS) is 15.9. The third-order valence-corrected chi connectivity index (χ3v) is 4.77. The van der Waals surface area contributed by atoms with E-state index in [2.05, 4.69) is 34.2 Å². The van der Waals surface area contributed by atoms with Crippen molar-refractivity contribution in [3.63, 3.8) is 0 Å². The highest BCUT2D eigenvalue weighted by molar-refractivity contribution is 5.79. The summed E-state index contributed by atoms with van der Waals surface area (Å²) in [5, 5.41) is 3.52. The number of benzene rings is 1. The standard InChI is InChI=1S/C19H32N4O2/c1-20-19(21-12-17(22(2)3)14-7-8-14)23(4)13-15-9-10-16(24-5)11-18(15)25-6/h9-11,14,17H,7-8,12-13H2,1-6H3,(H,20,21). The fraction of sp³-hybridized carbons (Fsp3) is 0.632. The summed E-state index contributed by atoms with van der Waals surface area (Å²) in [5.74, 6) is 3.33. The zero-order valence-electron chi connectivity index (χ0n) is 16.4. The molecule has 1 unspecified atom stereocenters. The monoisotopic (exact) mass is 348 g/mol. The first-order chi connectivity index (χ1) is 12.0. The maximum Gasteiger partial charge on any atom is 0.193 e. The van der Waals surface area contributed by atoms with Crippen LogP contribution in [-0.2, 0) is 6.54 Å². The van der Waals surface area contributed by atoms with E-state index in [1.165, 1.54) is 12.8 Å². The summed E-state index contributed by atoms with van der Waals surface area (Å²) < 4.78 is 10.8. The van der Waals surface area contributed by atoms with Crippen LogP contribution in [0.25, 0.3) is 0 Å². The molecule has 0 aliphatic heterocycles. The van der Waals surface area contributed by atoms with E-state index in [0.29, 0.717) is 12.6 Å². The summed E-state index contributed by atoms with van der Waals surface area (Å²) in [7, 11) is 11.5. The van der Waals surface area contributed by atoms with E-state index in [1.54, 1.807) is 14.2 Å². The lowest BCUT2D eigenvalue weighted by molar-refractivity contribution is 0.262. The second-order valence-corrected chi connectivity index (χ2v) is 6.83. The number of nitrogens with one attached hydrogen (secondary N) is 1. The molecular formula is C19H32N4O2. The van der Waals surface area contributed by atoms with Crippen molar-refractivity contribution in [2.24, 2.45) is 10.9 Å². The molecule has 1 fully saturated rings. The van der Waals surface area contributed by atoms with Gasteiger partial charge in [0.15, 0.2) is 5.96 Å². The molecule has 1 atom stereocenters. The van der Waals surface area contributed by atoms with Gasteiger partial charge in [-0.2, -0.15) is 0 Å². The van der Waals surface area contributed by atoms with Crippen LogP contribution in [0.3, 0.4) is 0 Å². The molecule has 140 valence electrons. The van der Waals surface area contributed by atoms with Crippen LogP contribution in [0.2, 0.25) is 0 Å². The van der Waals surface area contributed by atoms with E-state index in [-0.39, 0.29) is 0 Å². The van der Waals surface area contributed by atoms with Gasteiger partial charge in [0.2, 0.25) is 0 Å². The van der Waals surface area contributed by atoms with E-state index < -0.39 is 0 Å². The summed E-state index contributed by atoms with van der Waals surface area (Å²) >= 11 is 0. The van der Waals surface area contributed by atoms with E-state index in [4.69, 9.17) is 9.47 Å². The van der Waals surface area contributed by atoms with Crippen molar-refractivity contribution < 1.29 is 9.47 Å². The van der Waals surface area contributed by atoms with Crippen LogP contribution < -0.4 is 14.8 Å². The zero-order chi connectivity index (χ0) is 18.4. The minimum atomic E-state index is 0.556. The van der Waals surface area contributed by atoms with Gasteiger partial charge in [0, 0.05) is 44.9 Å². The van der Waals surface area contributed by atoms with Crippen LogP contribution in [0.15, 0.2) is 23.2 Å². The highest BCUT2D eigenvalue weighted by Gasteiger charge is 2.32. The van der Waals surface area contributed by atoms with Gasteiger partial charge in [-0.15, -0.1) is 0 Å². The lowest BCUT2D eigenvalue weighted by Crippen LogP contribution is -2.46. The molecule has 2 rings (SSSR count). The van der Waals surface area contributed by atoms with Gasteiger partial charge in [-0.25, -0.2) is 0 Å². The van der Waals surface area contributed by atoms with Crippen LogP contribution >= 0.6 is 0 Å². The number of ether oxygens (including phenoxy) is 2. The smallest absolute Gasteiger partial charge is 0.193 e. The Bertz CT molecular complexity index is 583. The van der Waals surface area contributed by atoms with Crippen LogP contribution in [0.4, 0.5) is 0 Å². The average Bonchev–Trinajstić information content (AvgIpc) is 3.43. The van der Waals surface area contributed by atoms with Crippen LogP contribution in [0.1, 0.15) is 18.4 Å². The third kappa shape index (κ3) is 5.26. The molecule has 0 spiro atoms. The Morgan fingerprint density at radius 1 is 1.24 bits per heavy atom.